The second kappa shape index (κ2) is 4.84. The van der Waals surface area contributed by atoms with E-state index in [0.29, 0.717) is 22.8 Å². The Morgan fingerprint density at radius 3 is 2.61 bits per heavy atom. The largest absolute Gasteiger partial charge is 0.454 e. The molecule has 0 spiro atoms. The number of benzene rings is 2. The second-order valence-electron chi connectivity index (χ2n) is 4.97. The summed E-state index contributed by atoms with van der Waals surface area (Å²) >= 11 is 0. The van der Waals surface area contributed by atoms with Crippen molar-refractivity contribution in [1.82, 2.24) is 0 Å². The first-order valence-corrected chi connectivity index (χ1v) is 6.75. The molecule has 0 aromatic heterocycles. The van der Waals surface area contributed by atoms with Crippen LogP contribution in [0.5, 0.6) is 17.2 Å². The third-order valence-electron chi connectivity index (χ3n) is 3.62. The number of hydrogen-bond acceptors (Lipinski definition) is 6. The Labute approximate surface area is 129 Å². The van der Waals surface area contributed by atoms with Gasteiger partial charge in [-0.15, -0.1) is 0 Å². The number of nitro groups is 1. The van der Waals surface area contributed by atoms with E-state index < -0.39 is 10.9 Å². The average molecular weight is 311 g/mol. The number of rotatable bonds is 2. The lowest BCUT2D eigenvalue weighted by molar-refractivity contribution is -0.385. The maximum atomic E-state index is 12.0. The quantitative estimate of drug-likeness (QED) is 0.278. The summed E-state index contributed by atoms with van der Waals surface area (Å²) in [5.41, 5.74) is 0.953. The van der Waals surface area contributed by atoms with E-state index in [1.165, 1.54) is 18.2 Å². The highest BCUT2D eigenvalue weighted by Crippen LogP contribution is 2.41. The minimum atomic E-state index is -0.543. The maximum Gasteiger partial charge on any atom is 0.344 e. The molecule has 2 aliphatic rings. The highest BCUT2D eigenvalue weighted by atomic mass is 16.7. The van der Waals surface area contributed by atoms with E-state index in [1.54, 1.807) is 24.3 Å². The number of hydrogen-bond donors (Lipinski definition) is 0. The first-order chi connectivity index (χ1) is 11.1. The monoisotopic (exact) mass is 311 g/mol. The van der Waals surface area contributed by atoms with Crippen LogP contribution in [0.2, 0.25) is 0 Å². The van der Waals surface area contributed by atoms with Crippen molar-refractivity contribution in [2.45, 2.75) is 0 Å². The molecule has 0 radical (unpaired) electrons. The lowest BCUT2D eigenvalue weighted by atomic mass is 10.0. The maximum absolute atomic E-state index is 12.0. The second-order valence-corrected chi connectivity index (χ2v) is 4.97. The van der Waals surface area contributed by atoms with E-state index in [0.717, 1.165) is 0 Å². The van der Waals surface area contributed by atoms with Crippen molar-refractivity contribution in [3.05, 3.63) is 57.6 Å². The van der Waals surface area contributed by atoms with Crippen LogP contribution in [0.4, 0.5) is 5.69 Å². The Morgan fingerprint density at radius 1 is 1.09 bits per heavy atom. The zero-order valence-corrected chi connectivity index (χ0v) is 11.6. The molecule has 7 nitrogen and oxygen atoms in total. The van der Waals surface area contributed by atoms with E-state index in [2.05, 4.69) is 0 Å². The van der Waals surface area contributed by atoms with Gasteiger partial charge in [-0.2, -0.15) is 0 Å². The Kier molecular flexibility index (Phi) is 2.80. The van der Waals surface area contributed by atoms with Crippen molar-refractivity contribution < 1.29 is 23.9 Å². The van der Waals surface area contributed by atoms with Gasteiger partial charge in [-0.3, -0.25) is 10.1 Å². The molecular formula is C16H9NO6. The minimum absolute atomic E-state index is 0.0113. The van der Waals surface area contributed by atoms with Crippen LogP contribution < -0.4 is 14.2 Å². The van der Waals surface area contributed by atoms with E-state index in [9.17, 15) is 14.9 Å². The molecular weight excluding hydrogens is 302 g/mol. The fourth-order valence-electron chi connectivity index (χ4n) is 2.56. The van der Waals surface area contributed by atoms with Gasteiger partial charge in [0.05, 0.1) is 22.1 Å². The molecule has 0 saturated carbocycles. The molecule has 2 aromatic rings. The van der Waals surface area contributed by atoms with E-state index in [-0.39, 0.29) is 23.6 Å². The number of carbonyl (C=O) groups is 1. The van der Waals surface area contributed by atoms with Crippen molar-refractivity contribution >= 4 is 23.3 Å². The molecule has 0 N–H and O–H groups in total. The van der Waals surface area contributed by atoms with Gasteiger partial charge in [0.2, 0.25) is 6.79 Å². The number of nitro benzene ring substituents is 1. The van der Waals surface area contributed by atoms with Crippen molar-refractivity contribution in [3.63, 3.8) is 0 Å². The van der Waals surface area contributed by atoms with Crippen LogP contribution >= 0.6 is 0 Å². The van der Waals surface area contributed by atoms with Crippen molar-refractivity contribution in [2.75, 3.05) is 6.79 Å². The van der Waals surface area contributed by atoms with Crippen molar-refractivity contribution in [2.24, 2.45) is 0 Å². The highest BCUT2D eigenvalue weighted by Gasteiger charge is 2.29. The molecule has 2 heterocycles. The predicted molar refractivity (Wildman–Crippen MR) is 79.2 cm³/mol. The summed E-state index contributed by atoms with van der Waals surface area (Å²) in [6, 6.07) is 9.69. The summed E-state index contributed by atoms with van der Waals surface area (Å²) in [6.07, 6.45) is 1.44. The van der Waals surface area contributed by atoms with Gasteiger partial charge in [0, 0.05) is 5.56 Å². The SMILES string of the molecule is O=C1Oc2ccccc2/C1=C\c1cc2c(cc1[N+](=O)[O-])OCO2. The van der Waals surface area contributed by atoms with Gasteiger partial charge >= 0.3 is 5.97 Å². The van der Waals surface area contributed by atoms with Crippen LogP contribution in [-0.4, -0.2) is 17.7 Å². The minimum Gasteiger partial charge on any atom is -0.454 e. The molecule has 0 amide bonds. The van der Waals surface area contributed by atoms with Crippen LogP contribution in [0.25, 0.3) is 11.6 Å². The predicted octanol–water partition coefficient (Wildman–Crippen LogP) is 2.78. The summed E-state index contributed by atoms with van der Waals surface area (Å²) in [6.45, 7) is 0.0113. The fourth-order valence-corrected chi connectivity index (χ4v) is 2.56. The third kappa shape index (κ3) is 2.10. The van der Waals surface area contributed by atoms with Gasteiger partial charge in [-0.05, 0) is 18.2 Å². The average Bonchev–Trinajstić information content (AvgIpc) is 3.11. The van der Waals surface area contributed by atoms with Crippen LogP contribution in [0.3, 0.4) is 0 Å². The Bertz CT molecular complexity index is 886. The summed E-state index contributed by atoms with van der Waals surface area (Å²) in [7, 11) is 0. The summed E-state index contributed by atoms with van der Waals surface area (Å²) in [4.78, 5) is 22.8. The van der Waals surface area contributed by atoms with Gasteiger partial charge in [0.15, 0.2) is 11.5 Å². The molecule has 0 bridgehead atoms. The number of fused-ring (bicyclic) bond motifs is 2. The standard InChI is InChI=1S/C16H9NO6/c18-16-11(10-3-1-2-4-13(10)23-16)5-9-6-14-15(22-8-21-14)7-12(9)17(19)20/h1-7H,8H2/b11-5+. The molecule has 114 valence electrons. The molecule has 23 heavy (non-hydrogen) atoms. The number of ether oxygens (including phenoxy) is 3. The van der Waals surface area contributed by atoms with E-state index in [1.807, 2.05) is 0 Å². The number of nitrogens with zero attached hydrogens (tertiary/aromatic N) is 1. The number of para-hydroxylation sites is 1. The molecule has 0 saturated heterocycles. The molecule has 2 aromatic carbocycles. The zero-order chi connectivity index (χ0) is 16.0. The molecule has 0 fully saturated rings. The summed E-state index contributed by atoms with van der Waals surface area (Å²) in [5.74, 6) is 0.612. The van der Waals surface area contributed by atoms with E-state index >= 15 is 0 Å². The first-order valence-electron chi connectivity index (χ1n) is 6.75. The van der Waals surface area contributed by atoms with Crippen molar-refractivity contribution in [1.29, 1.82) is 0 Å². The van der Waals surface area contributed by atoms with Gasteiger partial charge in [0.1, 0.15) is 5.75 Å². The lowest BCUT2D eigenvalue weighted by Gasteiger charge is -2.02. The first kappa shape index (κ1) is 13.3. The fraction of sp³-hybridized carbons (Fsp3) is 0.0625. The van der Waals surface area contributed by atoms with E-state index in [4.69, 9.17) is 14.2 Å². The third-order valence-corrected chi connectivity index (χ3v) is 3.62. The lowest BCUT2D eigenvalue weighted by Crippen LogP contribution is -2.01. The molecule has 0 unspecified atom stereocenters. The van der Waals surface area contributed by atoms with Gasteiger partial charge in [-0.25, -0.2) is 4.79 Å². The van der Waals surface area contributed by atoms with Crippen LogP contribution in [0.1, 0.15) is 11.1 Å². The molecule has 7 heteroatoms. The van der Waals surface area contributed by atoms with Crippen molar-refractivity contribution in [3.8, 4) is 17.2 Å². The molecule has 0 atom stereocenters. The summed E-state index contributed by atoms with van der Waals surface area (Å²) < 4.78 is 15.5. The zero-order valence-electron chi connectivity index (χ0n) is 11.6. The van der Waals surface area contributed by atoms with Gasteiger partial charge < -0.3 is 14.2 Å². The molecule has 2 aliphatic heterocycles. The highest BCUT2D eigenvalue weighted by molar-refractivity contribution is 6.26. The van der Waals surface area contributed by atoms with Crippen LogP contribution in [0, 0.1) is 10.1 Å². The topological polar surface area (TPSA) is 87.9 Å². The van der Waals surface area contributed by atoms with Gasteiger partial charge in [0.25, 0.3) is 5.69 Å². The van der Waals surface area contributed by atoms with Gasteiger partial charge in [-0.1, -0.05) is 18.2 Å². The number of esters is 1. The Hall–Kier alpha value is -3.35. The Morgan fingerprint density at radius 2 is 1.83 bits per heavy atom. The Balaban J connectivity index is 1.89. The molecule has 4 rings (SSSR count). The number of carbonyl (C=O) groups excluding carboxylic acids is 1. The van der Waals surface area contributed by atoms with Crippen LogP contribution in [-0.2, 0) is 4.79 Å². The summed E-state index contributed by atoms with van der Waals surface area (Å²) in [5, 5.41) is 11.3. The molecule has 0 aliphatic carbocycles. The normalized spacial score (nSPS) is 16.3. The smallest absolute Gasteiger partial charge is 0.344 e. The van der Waals surface area contributed by atoms with Crippen LogP contribution in [0.15, 0.2) is 36.4 Å².